The van der Waals surface area contributed by atoms with Gasteiger partial charge in [0.25, 0.3) is 0 Å². The maximum atomic E-state index is 5.14. The standard InChI is InChI=1S/C13H17N3O/c1-3-11(9-17-2)15-13-14-8-10-6-4-5-7-12(10)16-13/h4-8,11H,3,9H2,1-2H3,(H,14,15,16). The Morgan fingerprint density at radius 1 is 1.35 bits per heavy atom. The van der Waals surface area contributed by atoms with Gasteiger partial charge in [0.2, 0.25) is 5.95 Å². The van der Waals surface area contributed by atoms with E-state index >= 15 is 0 Å². The molecule has 0 saturated carbocycles. The highest BCUT2D eigenvalue weighted by atomic mass is 16.5. The SMILES string of the molecule is CCC(COC)Nc1ncc2ccccc2n1. The van der Waals surface area contributed by atoms with Crippen molar-refractivity contribution >= 4 is 16.9 Å². The lowest BCUT2D eigenvalue weighted by Crippen LogP contribution is -2.25. The number of methoxy groups -OCH3 is 1. The second-order valence-corrected chi connectivity index (χ2v) is 3.96. The zero-order chi connectivity index (χ0) is 12.1. The van der Waals surface area contributed by atoms with E-state index in [1.807, 2.05) is 30.5 Å². The number of hydrogen-bond acceptors (Lipinski definition) is 4. The maximum Gasteiger partial charge on any atom is 0.223 e. The number of aromatic nitrogens is 2. The molecule has 90 valence electrons. The van der Waals surface area contributed by atoms with Crippen LogP contribution in [0.2, 0.25) is 0 Å². The van der Waals surface area contributed by atoms with E-state index in [9.17, 15) is 0 Å². The normalized spacial score (nSPS) is 12.6. The molecule has 0 fully saturated rings. The maximum absolute atomic E-state index is 5.14. The summed E-state index contributed by atoms with van der Waals surface area (Å²) in [5.74, 6) is 0.660. The number of hydrogen-bond donors (Lipinski definition) is 1. The van der Waals surface area contributed by atoms with Crippen LogP contribution in [0.5, 0.6) is 0 Å². The second-order valence-electron chi connectivity index (χ2n) is 3.96. The van der Waals surface area contributed by atoms with Crippen molar-refractivity contribution in [2.45, 2.75) is 19.4 Å². The molecule has 1 aromatic carbocycles. The lowest BCUT2D eigenvalue weighted by molar-refractivity contribution is 0.184. The first-order valence-corrected chi connectivity index (χ1v) is 5.80. The largest absolute Gasteiger partial charge is 0.383 e. The zero-order valence-corrected chi connectivity index (χ0v) is 10.2. The third-order valence-corrected chi connectivity index (χ3v) is 2.68. The molecule has 0 amide bonds. The van der Waals surface area contributed by atoms with Crippen molar-refractivity contribution < 1.29 is 4.74 Å². The summed E-state index contributed by atoms with van der Waals surface area (Å²) in [6.45, 7) is 2.77. The quantitative estimate of drug-likeness (QED) is 0.858. The summed E-state index contributed by atoms with van der Waals surface area (Å²) in [5.41, 5.74) is 0.956. The highest BCUT2D eigenvalue weighted by Gasteiger charge is 2.07. The molecule has 2 aromatic rings. The van der Waals surface area contributed by atoms with E-state index in [1.54, 1.807) is 7.11 Å². The summed E-state index contributed by atoms with van der Waals surface area (Å²) in [6, 6.07) is 8.20. The van der Waals surface area contributed by atoms with Gasteiger partial charge in [-0.05, 0) is 12.5 Å². The van der Waals surface area contributed by atoms with Crippen molar-refractivity contribution in [2.75, 3.05) is 19.0 Å². The van der Waals surface area contributed by atoms with Crippen LogP contribution < -0.4 is 5.32 Å². The van der Waals surface area contributed by atoms with E-state index in [2.05, 4.69) is 22.2 Å². The highest BCUT2D eigenvalue weighted by Crippen LogP contribution is 2.12. The molecule has 0 aliphatic carbocycles. The van der Waals surface area contributed by atoms with Crippen molar-refractivity contribution in [3.8, 4) is 0 Å². The van der Waals surface area contributed by atoms with Crippen LogP contribution >= 0.6 is 0 Å². The van der Waals surface area contributed by atoms with Gasteiger partial charge in [0.1, 0.15) is 0 Å². The number of nitrogens with one attached hydrogen (secondary N) is 1. The number of benzene rings is 1. The molecule has 2 rings (SSSR count). The van der Waals surface area contributed by atoms with Gasteiger partial charge in [-0.1, -0.05) is 25.1 Å². The van der Waals surface area contributed by atoms with Crippen LogP contribution in [0.15, 0.2) is 30.5 Å². The minimum Gasteiger partial charge on any atom is -0.383 e. The minimum atomic E-state index is 0.251. The van der Waals surface area contributed by atoms with Gasteiger partial charge in [-0.3, -0.25) is 0 Å². The van der Waals surface area contributed by atoms with E-state index in [-0.39, 0.29) is 6.04 Å². The molecule has 1 N–H and O–H groups in total. The minimum absolute atomic E-state index is 0.251. The van der Waals surface area contributed by atoms with E-state index in [0.29, 0.717) is 12.6 Å². The van der Waals surface area contributed by atoms with Gasteiger partial charge < -0.3 is 10.1 Å². The van der Waals surface area contributed by atoms with Gasteiger partial charge in [-0.15, -0.1) is 0 Å². The molecule has 17 heavy (non-hydrogen) atoms. The fraction of sp³-hybridized carbons (Fsp3) is 0.385. The Hall–Kier alpha value is -1.68. The first-order valence-electron chi connectivity index (χ1n) is 5.80. The molecule has 0 spiro atoms. The monoisotopic (exact) mass is 231 g/mol. The van der Waals surface area contributed by atoms with Gasteiger partial charge in [-0.25, -0.2) is 9.97 Å². The average molecular weight is 231 g/mol. The molecule has 1 unspecified atom stereocenters. The Morgan fingerprint density at radius 2 is 2.18 bits per heavy atom. The third-order valence-electron chi connectivity index (χ3n) is 2.68. The Bertz CT molecular complexity index is 487. The predicted molar refractivity (Wildman–Crippen MR) is 69.1 cm³/mol. The Balaban J connectivity index is 2.18. The number of nitrogens with zero attached hydrogens (tertiary/aromatic N) is 2. The number of ether oxygens (including phenoxy) is 1. The van der Waals surface area contributed by atoms with Crippen LogP contribution in [0, 0.1) is 0 Å². The van der Waals surface area contributed by atoms with Crippen molar-refractivity contribution in [3.05, 3.63) is 30.5 Å². The molecule has 4 heteroatoms. The fourth-order valence-electron chi connectivity index (χ4n) is 1.69. The van der Waals surface area contributed by atoms with Crippen LogP contribution in [0.25, 0.3) is 10.9 Å². The molecule has 1 heterocycles. The lowest BCUT2D eigenvalue weighted by Gasteiger charge is -2.15. The molecule has 0 aliphatic heterocycles. The number of fused-ring (bicyclic) bond motifs is 1. The van der Waals surface area contributed by atoms with E-state index < -0.39 is 0 Å². The molecule has 1 atom stereocenters. The van der Waals surface area contributed by atoms with Crippen molar-refractivity contribution in [3.63, 3.8) is 0 Å². The Morgan fingerprint density at radius 3 is 2.94 bits per heavy atom. The molecule has 0 radical (unpaired) electrons. The van der Waals surface area contributed by atoms with E-state index in [0.717, 1.165) is 17.3 Å². The summed E-state index contributed by atoms with van der Waals surface area (Å²) in [7, 11) is 1.70. The third kappa shape index (κ3) is 2.91. The molecular weight excluding hydrogens is 214 g/mol. The first kappa shape index (κ1) is 11.8. The van der Waals surface area contributed by atoms with Crippen LogP contribution in [0.1, 0.15) is 13.3 Å². The van der Waals surface area contributed by atoms with Gasteiger partial charge >= 0.3 is 0 Å². The summed E-state index contributed by atoms with van der Waals surface area (Å²) < 4.78 is 5.14. The van der Waals surface area contributed by atoms with Crippen LogP contribution in [-0.4, -0.2) is 29.7 Å². The van der Waals surface area contributed by atoms with E-state index in [1.165, 1.54) is 0 Å². The molecular formula is C13H17N3O. The summed E-state index contributed by atoms with van der Waals surface area (Å²) >= 11 is 0. The number of anilines is 1. The Kier molecular flexibility index (Phi) is 3.88. The summed E-state index contributed by atoms with van der Waals surface area (Å²) in [6.07, 6.45) is 2.81. The summed E-state index contributed by atoms with van der Waals surface area (Å²) in [4.78, 5) is 8.77. The number of rotatable bonds is 5. The topological polar surface area (TPSA) is 47.0 Å². The highest BCUT2D eigenvalue weighted by molar-refractivity contribution is 5.78. The first-order chi connectivity index (χ1) is 8.33. The van der Waals surface area contributed by atoms with Gasteiger partial charge in [0.05, 0.1) is 18.2 Å². The van der Waals surface area contributed by atoms with Crippen LogP contribution in [0.4, 0.5) is 5.95 Å². The predicted octanol–water partition coefficient (Wildman–Crippen LogP) is 2.47. The van der Waals surface area contributed by atoms with Crippen LogP contribution in [0.3, 0.4) is 0 Å². The van der Waals surface area contributed by atoms with Gasteiger partial charge in [-0.2, -0.15) is 0 Å². The number of para-hydroxylation sites is 1. The van der Waals surface area contributed by atoms with Crippen LogP contribution in [-0.2, 0) is 4.74 Å². The second kappa shape index (κ2) is 5.59. The fourth-order valence-corrected chi connectivity index (χ4v) is 1.69. The average Bonchev–Trinajstić information content (AvgIpc) is 2.38. The molecule has 1 aromatic heterocycles. The van der Waals surface area contributed by atoms with Crippen molar-refractivity contribution in [2.24, 2.45) is 0 Å². The van der Waals surface area contributed by atoms with Crippen molar-refractivity contribution in [1.82, 2.24) is 9.97 Å². The smallest absolute Gasteiger partial charge is 0.223 e. The van der Waals surface area contributed by atoms with Gasteiger partial charge in [0.15, 0.2) is 0 Å². The lowest BCUT2D eigenvalue weighted by atomic mass is 10.2. The van der Waals surface area contributed by atoms with Crippen molar-refractivity contribution in [1.29, 1.82) is 0 Å². The summed E-state index contributed by atoms with van der Waals surface area (Å²) in [5, 5.41) is 4.33. The van der Waals surface area contributed by atoms with Gasteiger partial charge in [0, 0.05) is 18.7 Å². The molecule has 0 bridgehead atoms. The van der Waals surface area contributed by atoms with E-state index in [4.69, 9.17) is 4.74 Å². The zero-order valence-electron chi connectivity index (χ0n) is 10.2. The molecule has 0 aliphatic rings. The molecule has 0 saturated heterocycles. The molecule has 4 nitrogen and oxygen atoms in total. The Labute approximate surface area is 101 Å².